The summed E-state index contributed by atoms with van der Waals surface area (Å²) in [4.78, 5) is 12.4. The van der Waals surface area contributed by atoms with Gasteiger partial charge in [0.15, 0.2) is 6.61 Å². The SMILES string of the molecule is COc1ccc(S(=O)(=O)NC2CC2)cc1NC(=O)COc1cc(C)ccc1C. The van der Waals surface area contributed by atoms with Crippen molar-refractivity contribution in [3.8, 4) is 11.5 Å². The van der Waals surface area contributed by atoms with Gasteiger partial charge >= 0.3 is 0 Å². The van der Waals surface area contributed by atoms with E-state index in [1.165, 1.54) is 25.3 Å². The van der Waals surface area contributed by atoms with Crippen LogP contribution in [0.3, 0.4) is 0 Å². The average molecular weight is 404 g/mol. The molecule has 0 aromatic heterocycles. The molecule has 1 amide bonds. The number of amides is 1. The van der Waals surface area contributed by atoms with E-state index in [2.05, 4.69) is 10.0 Å². The van der Waals surface area contributed by atoms with Gasteiger partial charge in [0.05, 0.1) is 17.7 Å². The molecule has 2 aromatic rings. The van der Waals surface area contributed by atoms with Gasteiger partial charge in [-0.05, 0) is 62.1 Å². The van der Waals surface area contributed by atoms with E-state index in [1.54, 1.807) is 0 Å². The molecule has 0 radical (unpaired) electrons. The van der Waals surface area contributed by atoms with Gasteiger partial charge in [-0.25, -0.2) is 13.1 Å². The zero-order valence-corrected chi connectivity index (χ0v) is 16.9. The van der Waals surface area contributed by atoms with Gasteiger partial charge in [-0.2, -0.15) is 0 Å². The van der Waals surface area contributed by atoms with Gasteiger partial charge in [-0.1, -0.05) is 12.1 Å². The third-order valence-corrected chi connectivity index (χ3v) is 5.88. The first-order valence-electron chi connectivity index (χ1n) is 8.99. The molecule has 1 fully saturated rings. The molecule has 1 aliphatic carbocycles. The summed E-state index contributed by atoms with van der Waals surface area (Å²) in [6.07, 6.45) is 1.68. The molecule has 7 nitrogen and oxygen atoms in total. The summed E-state index contributed by atoms with van der Waals surface area (Å²) in [5, 5.41) is 2.67. The minimum atomic E-state index is -3.63. The van der Waals surface area contributed by atoms with Crippen molar-refractivity contribution in [1.82, 2.24) is 4.72 Å². The van der Waals surface area contributed by atoms with Crippen molar-refractivity contribution >= 4 is 21.6 Å². The number of sulfonamides is 1. The fourth-order valence-corrected chi connectivity index (χ4v) is 3.96. The second-order valence-corrected chi connectivity index (χ2v) is 8.58. The highest BCUT2D eigenvalue weighted by Crippen LogP contribution is 2.29. The van der Waals surface area contributed by atoms with Crippen LogP contribution in [0.15, 0.2) is 41.3 Å². The molecule has 3 rings (SSSR count). The molecule has 1 aliphatic rings. The Kier molecular flexibility index (Phi) is 5.90. The Labute approximate surface area is 165 Å². The Morgan fingerprint density at radius 1 is 1.11 bits per heavy atom. The molecule has 28 heavy (non-hydrogen) atoms. The molecule has 0 unspecified atom stereocenters. The molecule has 0 aliphatic heterocycles. The Morgan fingerprint density at radius 3 is 2.54 bits per heavy atom. The minimum absolute atomic E-state index is 0.00360. The lowest BCUT2D eigenvalue weighted by Crippen LogP contribution is -2.26. The number of carbonyl (C=O) groups excluding carboxylic acids is 1. The van der Waals surface area contributed by atoms with Gasteiger partial charge < -0.3 is 14.8 Å². The second kappa shape index (κ2) is 8.20. The number of ether oxygens (including phenoxy) is 2. The number of benzene rings is 2. The fourth-order valence-electron chi connectivity index (χ4n) is 2.63. The number of methoxy groups -OCH3 is 1. The molecule has 0 heterocycles. The quantitative estimate of drug-likeness (QED) is 0.706. The summed E-state index contributed by atoms with van der Waals surface area (Å²) in [5.41, 5.74) is 2.23. The maximum absolute atomic E-state index is 12.4. The molecular weight excluding hydrogens is 380 g/mol. The summed E-state index contributed by atoms with van der Waals surface area (Å²) in [6, 6.07) is 10.1. The maximum Gasteiger partial charge on any atom is 0.262 e. The Hall–Kier alpha value is -2.58. The molecule has 1 saturated carbocycles. The highest BCUT2D eigenvalue weighted by Gasteiger charge is 2.28. The first-order valence-corrected chi connectivity index (χ1v) is 10.5. The number of hydrogen-bond donors (Lipinski definition) is 2. The first kappa shape index (κ1) is 20.2. The third-order valence-electron chi connectivity index (χ3n) is 4.36. The standard InChI is InChI=1S/C20H24N2O5S/c1-13-4-5-14(2)19(10-13)27-12-20(23)21-17-11-16(8-9-18(17)26-3)28(24,25)22-15-6-7-15/h4-5,8-11,15,22H,6-7,12H2,1-3H3,(H,21,23). The van der Waals surface area contributed by atoms with Gasteiger partial charge in [0.25, 0.3) is 5.91 Å². The predicted molar refractivity (Wildman–Crippen MR) is 106 cm³/mol. The largest absolute Gasteiger partial charge is 0.495 e. The number of nitrogens with one attached hydrogen (secondary N) is 2. The fraction of sp³-hybridized carbons (Fsp3) is 0.350. The third kappa shape index (κ3) is 5.02. The van der Waals surface area contributed by atoms with Crippen LogP contribution in [0, 0.1) is 13.8 Å². The smallest absolute Gasteiger partial charge is 0.262 e. The normalized spacial score (nSPS) is 13.8. The summed E-state index contributed by atoms with van der Waals surface area (Å²) in [7, 11) is -2.18. The molecular formula is C20H24N2O5S. The molecule has 2 aromatic carbocycles. The van der Waals surface area contributed by atoms with Crippen molar-refractivity contribution in [2.24, 2.45) is 0 Å². The van der Waals surface area contributed by atoms with Crippen molar-refractivity contribution in [3.63, 3.8) is 0 Å². The van der Waals surface area contributed by atoms with Crippen LogP contribution in [0.5, 0.6) is 11.5 Å². The van der Waals surface area contributed by atoms with Crippen LogP contribution in [0.2, 0.25) is 0 Å². The molecule has 8 heteroatoms. The summed E-state index contributed by atoms with van der Waals surface area (Å²) >= 11 is 0. The minimum Gasteiger partial charge on any atom is -0.495 e. The van der Waals surface area contributed by atoms with Gasteiger partial charge in [-0.15, -0.1) is 0 Å². The Morgan fingerprint density at radius 2 is 1.86 bits per heavy atom. The van der Waals surface area contributed by atoms with Crippen LogP contribution in [-0.4, -0.2) is 34.1 Å². The van der Waals surface area contributed by atoms with Gasteiger partial charge in [0.1, 0.15) is 11.5 Å². The average Bonchev–Trinajstić information content (AvgIpc) is 3.45. The van der Waals surface area contributed by atoms with Crippen LogP contribution < -0.4 is 19.5 Å². The maximum atomic E-state index is 12.4. The summed E-state index contributed by atoms with van der Waals surface area (Å²) in [5.74, 6) is 0.585. The van der Waals surface area contributed by atoms with Crippen LogP contribution in [0.25, 0.3) is 0 Å². The van der Waals surface area contributed by atoms with Crippen LogP contribution >= 0.6 is 0 Å². The van der Waals surface area contributed by atoms with Crippen molar-refractivity contribution in [1.29, 1.82) is 0 Å². The van der Waals surface area contributed by atoms with Crippen molar-refractivity contribution in [2.45, 2.75) is 37.6 Å². The van der Waals surface area contributed by atoms with E-state index in [9.17, 15) is 13.2 Å². The highest BCUT2D eigenvalue weighted by atomic mass is 32.2. The summed E-state index contributed by atoms with van der Waals surface area (Å²) < 4.78 is 38.3. The van der Waals surface area contributed by atoms with Gasteiger partial charge in [-0.3, -0.25) is 4.79 Å². The van der Waals surface area contributed by atoms with Crippen molar-refractivity contribution in [3.05, 3.63) is 47.5 Å². The number of carbonyl (C=O) groups is 1. The summed E-state index contributed by atoms with van der Waals surface area (Å²) in [6.45, 7) is 3.64. The lowest BCUT2D eigenvalue weighted by molar-refractivity contribution is -0.118. The molecule has 2 N–H and O–H groups in total. The molecule has 0 bridgehead atoms. The first-order chi connectivity index (χ1) is 13.3. The molecule has 0 spiro atoms. The van der Waals surface area contributed by atoms with E-state index in [-0.39, 0.29) is 23.2 Å². The lowest BCUT2D eigenvalue weighted by atomic mass is 10.1. The topological polar surface area (TPSA) is 93.7 Å². The van der Waals surface area contributed by atoms with E-state index in [0.717, 1.165) is 24.0 Å². The van der Waals surface area contributed by atoms with Crippen molar-refractivity contribution < 1.29 is 22.7 Å². The molecule has 150 valence electrons. The number of anilines is 1. The van der Waals surface area contributed by atoms with Crippen LogP contribution in [0.1, 0.15) is 24.0 Å². The highest BCUT2D eigenvalue weighted by molar-refractivity contribution is 7.89. The monoisotopic (exact) mass is 404 g/mol. The zero-order chi connectivity index (χ0) is 20.3. The van der Waals surface area contributed by atoms with Crippen molar-refractivity contribution in [2.75, 3.05) is 19.0 Å². The van der Waals surface area contributed by atoms with Crippen LogP contribution in [-0.2, 0) is 14.8 Å². The Bertz CT molecular complexity index is 984. The number of hydrogen-bond acceptors (Lipinski definition) is 5. The lowest BCUT2D eigenvalue weighted by Gasteiger charge is -2.14. The second-order valence-electron chi connectivity index (χ2n) is 6.86. The number of rotatable bonds is 8. The van der Waals surface area contributed by atoms with E-state index in [4.69, 9.17) is 9.47 Å². The molecule has 0 atom stereocenters. The van der Waals surface area contributed by atoms with E-state index < -0.39 is 15.9 Å². The van der Waals surface area contributed by atoms with Gasteiger partial charge in [0, 0.05) is 6.04 Å². The molecule has 0 saturated heterocycles. The number of aryl methyl sites for hydroxylation is 2. The van der Waals surface area contributed by atoms with Gasteiger partial charge in [0.2, 0.25) is 10.0 Å². The van der Waals surface area contributed by atoms with Crippen LogP contribution in [0.4, 0.5) is 5.69 Å². The van der Waals surface area contributed by atoms with E-state index in [1.807, 2.05) is 32.0 Å². The Balaban J connectivity index is 1.72. The van der Waals surface area contributed by atoms with E-state index >= 15 is 0 Å². The van der Waals surface area contributed by atoms with E-state index in [0.29, 0.717) is 11.5 Å². The predicted octanol–water partition coefficient (Wildman–Crippen LogP) is 2.77. The zero-order valence-electron chi connectivity index (χ0n) is 16.1.